The molecule has 1 aromatic rings. The van der Waals surface area contributed by atoms with Crippen LogP contribution in [0.15, 0.2) is 18.3 Å². The minimum atomic E-state index is 0.573. The fourth-order valence-corrected chi connectivity index (χ4v) is 0.386. The second-order valence-electron chi connectivity index (χ2n) is 1.29. The molecule has 0 spiro atoms. The van der Waals surface area contributed by atoms with Gasteiger partial charge in [-0.15, -0.1) is 0 Å². The van der Waals surface area contributed by atoms with E-state index in [2.05, 4.69) is 24.8 Å². The van der Waals surface area contributed by atoms with Crippen molar-refractivity contribution in [3.8, 4) is 6.07 Å². The molecular weight excluding hydrogens is 245 g/mol. The quantitative estimate of drug-likeness (QED) is 0.516. The van der Waals surface area contributed by atoms with E-state index in [1.807, 2.05) is 6.07 Å². The van der Waals surface area contributed by atoms with E-state index >= 15 is 0 Å². The van der Waals surface area contributed by atoms with Gasteiger partial charge in [0.2, 0.25) is 0 Å². The van der Waals surface area contributed by atoms with Gasteiger partial charge in [-0.1, -0.05) is 12.4 Å². The molecule has 0 atom stereocenters. The van der Waals surface area contributed by atoms with Gasteiger partial charge in [0.1, 0.15) is 0 Å². The van der Waals surface area contributed by atoms with Gasteiger partial charge in [0.25, 0.3) is 0 Å². The summed E-state index contributed by atoms with van der Waals surface area (Å²) in [5.41, 5.74) is 0.573. The fourth-order valence-electron chi connectivity index (χ4n) is 0.386. The van der Waals surface area contributed by atoms with Gasteiger partial charge >= 0.3 is 30.0 Å². The average Bonchev–Trinajstić information content (AvgIpc) is 2.10. The van der Waals surface area contributed by atoms with Crippen molar-refractivity contribution in [3.05, 3.63) is 30.1 Å². The summed E-state index contributed by atoms with van der Waals surface area (Å²) in [7, 11) is 0. The molecule has 0 aromatic carbocycles. The van der Waals surface area contributed by atoms with E-state index < -0.39 is 0 Å². The van der Waals surface area contributed by atoms with Gasteiger partial charge in [0, 0.05) is 0 Å². The van der Waals surface area contributed by atoms with Crippen LogP contribution in [0.3, 0.4) is 0 Å². The van der Waals surface area contributed by atoms with E-state index in [-0.39, 0.29) is 0 Å². The van der Waals surface area contributed by atoms with Crippen LogP contribution >= 0.6 is 13.6 Å². The first-order valence-corrected chi connectivity index (χ1v) is 9.37. The molecule has 0 aliphatic carbocycles. The maximum atomic E-state index is 8.23. The van der Waals surface area contributed by atoms with E-state index in [0.717, 1.165) is 0 Å². The number of nitriles is 1. The number of rotatable bonds is 0. The van der Waals surface area contributed by atoms with Gasteiger partial charge in [0.15, 0.2) is 0 Å². The van der Waals surface area contributed by atoms with Crippen molar-refractivity contribution < 1.29 is 16.3 Å². The Morgan fingerprint density at radius 1 is 1.70 bits per heavy atom. The van der Waals surface area contributed by atoms with Crippen LogP contribution < -0.4 is 0 Å². The van der Waals surface area contributed by atoms with Crippen LogP contribution in [0, 0.1) is 17.5 Å². The van der Waals surface area contributed by atoms with Crippen LogP contribution in [0.1, 0.15) is 5.56 Å². The Balaban J connectivity index is 0.000000371. The second kappa shape index (κ2) is 6.86. The summed E-state index contributed by atoms with van der Waals surface area (Å²) < 4.78 is 0. The van der Waals surface area contributed by atoms with Gasteiger partial charge in [-0.25, -0.2) is 0 Å². The third-order valence-corrected chi connectivity index (χ3v) is 0.745. The fraction of sp³-hybridized carbons (Fsp3) is 0. The van der Waals surface area contributed by atoms with Gasteiger partial charge in [-0.2, -0.15) is 17.4 Å². The summed E-state index contributed by atoms with van der Waals surface area (Å²) >= 11 is 4.25. The zero-order valence-electron chi connectivity index (χ0n) is 5.21. The zero-order chi connectivity index (χ0) is 7.82. The maximum absolute atomic E-state index is 8.23. The van der Waals surface area contributed by atoms with Crippen molar-refractivity contribution in [2.75, 3.05) is 0 Å². The van der Waals surface area contributed by atoms with E-state index in [1.54, 1.807) is 12.1 Å². The molecule has 0 aliphatic rings. The van der Waals surface area contributed by atoms with Gasteiger partial charge in [0.05, 0.1) is 6.07 Å². The Bertz CT molecular complexity index is 207. The zero-order valence-corrected chi connectivity index (χ0v) is 9.76. The Morgan fingerprint density at radius 3 is 2.70 bits per heavy atom. The van der Waals surface area contributed by atoms with Gasteiger partial charge in [-0.3, -0.25) is 0 Å². The molecule has 2 nitrogen and oxygen atoms in total. The van der Waals surface area contributed by atoms with Gasteiger partial charge in [-0.05, 0) is 5.56 Å². The standard InChI is InChI=1S/C6H3N2.BrH.Zn/c7-4-6-2-1-3-8-5-6;;/h1-2,5H;1H;/q-1;;+2/p-1. The van der Waals surface area contributed by atoms with E-state index in [0.29, 0.717) is 5.56 Å². The van der Waals surface area contributed by atoms with Crippen molar-refractivity contribution in [1.82, 2.24) is 4.98 Å². The molecule has 0 saturated carbocycles. The molecule has 4 heteroatoms. The first-order valence-electron chi connectivity index (χ1n) is 2.42. The molecule has 1 rings (SSSR count). The number of hydrogen-bond acceptors (Lipinski definition) is 2. The normalized spacial score (nSPS) is 7.00. The average molecular weight is 248 g/mol. The molecule has 0 bridgehead atoms. The minimum absolute atomic E-state index is 0.573. The molecule has 0 amide bonds. The number of hydrogen-bond donors (Lipinski definition) is 0. The Morgan fingerprint density at radius 2 is 2.40 bits per heavy atom. The summed E-state index contributed by atoms with van der Waals surface area (Å²) in [6, 6.07) is 5.21. The monoisotopic (exact) mass is 246 g/mol. The molecule has 0 radical (unpaired) electrons. The summed E-state index contributed by atoms with van der Waals surface area (Å²) in [4.78, 5) is 3.61. The third kappa shape index (κ3) is 3.71. The van der Waals surface area contributed by atoms with Crippen LogP contribution in [0.25, 0.3) is 0 Å². The SMILES string of the molecule is N#Cc1cc[c-]nc1.[Zn+][Br]. The Labute approximate surface area is 76.3 Å². The molecule has 0 fully saturated rings. The van der Waals surface area contributed by atoms with E-state index in [1.165, 1.54) is 22.5 Å². The number of aromatic nitrogens is 1. The van der Waals surface area contributed by atoms with Crippen molar-refractivity contribution >= 4 is 13.6 Å². The van der Waals surface area contributed by atoms with Crippen LogP contribution in [0.4, 0.5) is 0 Å². The van der Waals surface area contributed by atoms with Crippen LogP contribution in [-0.4, -0.2) is 4.98 Å². The summed E-state index contributed by atoms with van der Waals surface area (Å²) in [6.07, 6.45) is 4.04. The first-order chi connectivity index (χ1) is 4.93. The molecule has 1 aromatic heterocycles. The molecule has 0 N–H and O–H groups in total. The molecule has 0 aliphatic heterocycles. The number of nitrogens with zero attached hydrogens (tertiary/aromatic N) is 2. The van der Waals surface area contributed by atoms with Gasteiger partial charge < -0.3 is 4.98 Å². The predicted octanol–water partition coefficient (Wildman–Crippen LogP) is 1.60. The number of halogens is 1. The Kier molecular flexibility index (Phi) is 6.68. The molecule has 0 unspecified atom stereocenters. The third-order valence-electron chi connectivity index (χ3n) is 0.745. The predicted molar refractivity (Wildman–Crippen MR) is 36.7 cm³/mol. The summed E-state index contributed by atoms with van der Waals surface area (Å²) in [5, 5.41) is 8.23. The molecule has 0 saturated heterocycles. The first kappa shape index (κ1) is 9.74. The molecule has 46 valence electrons. The van der Waals surface area contributed by atoms with Crippen molar-refractivity contribution in [3.63, 3.8) is 0 Å². The van der Waals surface area contributed by atoms with E-state index in [9.17, 15) is 0 Å². The summed E-state index contributed by atoms with van der Waals surface area (Å²) in [6.45, 7) is 0. The number of pyridine rings is 1. The molecule has 1 heterocycles. The van der Waals surface area contributed by atoms with Crippen LogP contribution in [0.2, 0.25) is 0 Å². The topological polar surface area (TPSA) is 36.7 Å². The van der Waals surface area contributed by atoms with Crippen molar-refractivity contribution in [2.24, 2.45) is 0 Å². The van der Waals surface area contributed by atoms with Crippen LogP contribution in [-0.2, 0) is 16.3 Å². The Hall–Kier alpha value is -0.257. The van der Waals surface area contributed by atoms with Crippen LogP contribution in [0.5, 0.6) is 0 Å². The molecular formula is C6H3BrN2Zn. The summed E-state index contributed by atoms with van der Waals surface area (Å²) in [5.74, 6) is 0. The van der Waals surface area contributed by atoms with E-state index in [4.69, 9.17) is 5.26 Å². The molecule has 10 heavy (non-hydrogen) atoms. The van der Waals surface area contributed by atoms with Crippen molar-refractivity contribution in [1.29, 1.82) is 5.26 Å². The van der Waals surface area contributed by atoms with Crippen molar-refractivity contribution in [2.45, 2.75) is 0 Å². The second-order valence-corrected chi connectivity index (χ2v) is 1.29.